The van der Waals surface area contributed by atoms with Gasteiger partial charge in [0.2, 0.25) is 5.91 Å². The summed E-state index contributed by atoms with van der Waals surface area (Å²) in [5.41, 5.74) is 1.57. The molecule has 1 heterocycles. The summed E-state index contributed by atoms with van der Waals surface area (Å²) in [6, 6.07) is 4.87. The Bertz CT molecular complexity index is 622. The summed E-state index contributed by atoms with van der Waals surface area (Å²) in [5, 5.41) is 3.03. The summed E-state index contributed by atoms with van der Waals surface area (Å²) in [6.45, 7) is 4.34. The molecule has 0 spiro atoms. The Kier molecular flexibility index (Phi) is 4.84. The molecule has 2 rings (SSSR count). The Hall–Kier alpha value is -1.60. The number of hydrogen-bond donors (Lipinski definition) is 1. The van der Waals surface area contributed by atoms with Crippen molar-refractivity contribution in [1.29, 1.82) is 0 Å². The topological polar surface area (TPSA) is 75.7 Å². The first-order valence-electron chi connectivity index (χ1n) is 6.78. The average Bonchev–Trinajstić information content (AvgIpc) is 2.45. The summed E-state index contributed by atoms with van der Waals surface area (Å²) in [7, 11) is -3.25. The van der Waals surface area contributed by atoms with Crippen molar-refractivity contribution >= 4 is 21.4 Å². The van der Waals surface area contributed by atoms with Crippen LogP contribution in [-0.4, -0.2) is 58.3 Å². The van der Waals surface area contributed by atoms with E-state index in [1.165, 1.54) is 6.26 Å². The molecular weight excluding hydrogens is 292 g/mol. The number of benzene rings is 1. The maximum Gasteiger partial charge on any atom is 0.242 e. The highest BCUT2D eigenvalue weighted by atomic mass is 32.2. The summed E-state index contributed by atoms with van der Waals surface area (Å²) in [4.78, 5) is 14.0. The lowest BCUT2D eigenvalue weighted by Crippen LogP contribution is -2.43. The third-order valence-electron chi connectivity index (χ3n) is 3.43. The van der Waals surface area contributed by atoms with Gasteiger partial charge in [0.15, 0.2) is 9.84 Å². The minimum Gasteiger partial charge on any atom is -0.378 e. The van der Waals surface area contributed by atoms with E-state index in [4.69, 9.17) is 4.74 Å². The number of ether oxygens (including phenoxy) is 1. The highest BCUT2D eigenvalue weighted by Crippen LogP contribution is 2.20. The third-order valence-corrected chi connectivity index (χ3v) is 4.54. The average molecular weight is 312 g/mol. The van der Waals surface area contributed by atoms with Crippen LogP contribution in [0.25, 0.3) is 0 Å². The second-order valence-corrected chi connectivity index (χ2v) is 7.11. The van der Waals surface area contributed by atoms with Gasteiger partial charge in [-0.1, -0.05) is 6.07 Å². The number of carbonyl (C=O) groups is 1. The lowest BCUT2D eigenvalue weighted by Gasteiger charge is -2.27. The number of carbonyl (C=O) groups excluding carboxylic acids is 1. The fraction of sp³-hybridized carbons (Fsp3) is 0.500. The van der Waals surface area contributed by atoms with Gasteiger partial charge in [0.1, 0.15) is 0 Å². The van der Waals surface area contributed by atoms with Gasteiger partial charge < -0.3 is 15.0 Å². The minimum absolute atomic E-state index is 0.0116. The van der Waals surface area contributed by atoms with Gasteiger partial charge in [-0.25, -0.2) is 8.42 Å². The number of amides is 1. The van der Waals surface area contributed by atoms with Crippen molar-refractivity contribution in [2.24, 2.45) is 0 Å². The van der Waals surface area contributed by atoms with E-state index in [2.05, 4.69) is 5.32 Å². The van der Waals surface area contributed by atoms with Gasteiger partial charge in [0, 0.05) is 25.0 Å². The fourth-order valence-corrected chi connectivity index (χ4v) is 2.76. The number of sulfone groups is 1. The molecule has 7 heteroatoms. The van der Waals surface area contributed by atoms with Gasteiger partial charge in [-0.3, -0.25) is 4.79 Å². The quantitative estimate of drug-likeness (QED) is 0.884. The molecule has 1 fully saturated rings. The standard InChI is InChI=1S/C14H20N2O4S/c1-11-3-4-12(21(2,18)19)9-13(11)15-10-14(17)16-5-7-20-8-6-16/h3-4,9,15H,5-8,10H2,1-2H3. The van der Waals surface area contributed by atoms with Crippen LogP contribution in [0.1, 0.15) is 5.56 Å². The molecule has 0 unspecified atom stereocenters. The first kappa shape index (κ1) is 15.8. The summed E-state index contributed by atoms with van der Waals surface area (Å²) in [6.07, 6.45) is 1.17. The molecule has 21 heavy (non-hydrogen) atoms. The number of nitrogens with zero attached hydrogens (tertiary/aromatic N) is 1. The molecule has 0 radical (unpaired) electrons. The number of nitrogens with one attached hydrogen (secondary N) is 1. The SMILES string of the molecule is Cc1ccc(S(C)(=O)=O)cc1NCC(=O)N1CCOCC1. The molecule has 0 atom stereocenters. The van der Waals surface area contributed by atoms with Crippen molar-refractivity contribution in [3.05, 3.63) is 23.8 Å². The van der Waals surface area contributed by atoms with Gasteiger partial charge in [0.25, 0.3) is 0 Å². The lowest BCUT2D eigenvalue weighted by molar-refractivity contribution is -0.133. The third kappa shape index (κ3) is 4.18. The van der Waals surface area contributed by atoms with Crippen LogP contribution in [-0.2, 0) is 19.4 Å². The van der Waals surface area contributed by atoms with Crippen LogP contribution < -0.4 is 5.32 Å². The predicted octanol–water partition coefficient (Wildman–Crippen LogP) is 0.669. The van der Waals surface area contributed by atoms with Crippen LogP contribution in [0.15, 0.2) is 23.1 Å². The Morgan fingerprint density at radius 3 is 2.62 bits per heavy atom. The number of hydrogen-bond acceptors (Lipinski definition) is 5. The van der Waals surface area contributed by atoms with E-state index >= 15 is 0 Å². The van der Waals surface area contributed by atoms with Gasteiger partial charge in [0.05, 0.1) is 24.7 Å². The van der Waals surface area contributed by atoms with E-state index in [0.717, 1.165) is 5.56 Å². The van der Waals surface area contributed by atoms with Crippen LogP contribution >= 0.6 is 0 Å². The molecule has 1 amide bonds. The number of rotatable bonds is 4. The molecule has 1 aromatic carbocycles. The van der Waals surface area contributed by atoms with Gasteiger partial charge in [-0.2, -0.15) is 0 Å². The van der Waals surface area contributed by atoms with E-state index in [9.17, 15) is 13.2 Å². The van der Waals surface area contributed by atoms with E-state index < -0.39 is 9.84 Å². The van der Waals surface area contributed by atoms with Crippen LogP contribution in [0.4, 0.5) is 5.69 Å². The van der Waals surface area contributed by atoms with Gasteiger partial charge in [-0.15, -0.1) is 0 Å². The zero-order valence-electron chi connectivity index (χ0n) is 12.3. The molecular formula is C14H20N2O4S. The molecule has 0 aromatic heterocycles. The Morgan fingerprint density at radius 1 is 1.33 bits per heavy atom. The Balaban J connectivity index is 2.04. The van der Waals surface area contributed by atoms with Crippen molar-refractivity contribution in [2.75, 3.05) is 44.4 Å². The largest absolute Gasteiger partial charge is 0.378 e. The number of anilines is 1. The molecule has 0 aliphatic carbocycles. The highest BCUT2D eigenvalue weighted by Gasteiger charge is 2.17. The van der Waals surface area contributed by atoms with E-state index in [-0.39, 0.29) is 17.3 Å². The van der Waals surface area contributed by atoms with Crippen molar-refractivity contribution in [1.82, 2.24) is 4.90 Å². The second-order valence-electron chi connectivity index (χ2n) is 5.10. The number of morpholine rings is 1. The fourth-order valence-electron chi connectivity index (χ4n) is 2.12. The van der Waals surface area contributed by atoms with Crippen LogP contribution in [0.5, 0.6) is 0 Å². The van der Waals surface area contributed by atoms with Gasteiger partial charge >= 0.3 is 0 Å². The van der Waals surface area contributed by atoms with Crippen molar-refractivity contribution < 1.29 is 17.9 Å². The predicted molar refractivity (Wildman–Crippen MR) is 80.2 cm³/mol. The monoisotopic (exact) mass is 312 g/mol. The first-order valence-corrected chi connectivity index (χ1v) is 8.67. The molecule has 116 valence electrons. The molecule has 1 aliphatic rings. The smallest absolute Gasteiger partial charge is 0.242 e. The van der Waals surface area contributed by atoms with E-state index in [0.29, 0.717) is 32.0 Å². The van der Waals surface area contributed by atoms with Crippen LogP contribution in [0.3, 0.4) is 0 Å². The molecule has 1 saturated heterocycles. The molecule has 0 saturated carbocycles. The van der Waals surface area contributed by atoms with Crippen LogP contribution in [0, 0.1) is 6.92 Å². The highest BCUT2D eigenvalue weighted by molar-refractivity contribution is 7.90. The molecule has 1 aromatic rings. The zero-order chi connectivity index (χ0) is 15.5. The molecule has 6 nitrogen and oxygen atoms in total. The maximum absolute atomic E-state index is 12.1. The Labute approximate surface area is 125 Å². The summed E-state index contributed by atoms with van der Waals surface area (Å²) in [5.74, 6) is -0.0116. The van der Waals surface area contributed by atoms with Crippen molar-refractivity contribution in [3.63, 3.8) is 0 Å². The first-order chi connectivity index (χ1) is 9.88. The maximum atomic E-state index is 12.1. The number of aryl methyl sites for hydroxylation is 1. The van der Waals surface area contributed by atoms with E-state index in [1.807, 2.05) is 6.92 Å². The molecule has 0 bridgehead atoms. The Morgan fingerprint density at radius 2 is 2.00 bits per heavy atom. The summed E-state index contributed by atoms with van der Waals surface area (Å²) >= 11 is 0. The second kappa shape index (κ2) is 6.44. The van der Waals surface area contributed by atoms with Crippen LogP contribution in [0.2, 0.25) is 0 Å². The lowest BCUT2D eigenvalue weighted by atomic mass is 10.2. The normalized spacial score (nSPS) is 15.8. The minimum atomic E-state index is -3.25. The van der Waals surface area contributed by atoms with Crippen molar-refractivity contribution in [3.8, 4) is 0 Å². The van der Waals surface area contributed by atoms with E-state index in [1.54, 1.807) is 23.1 Å². The van der Waals surface area contributed by atoms with Gasteiger partial charge in [-0.05, 0) is 24.6 Å². The molecule has 1 N–H and O–H groups in total. The zero-order valence-corrected chi connectivity index (χ0v) is 13.1. The molecule has 1 aliphatic heterocycles. The summed E-state index contributed by atoms with van der Waals surface area (Å²) < 4.78 is 28.3. The van der Waals surface area contributed by atoms with Crippen molar-refractivity contribution in [2.45, 2.75) is 11.8 Å².